The third-order valence-electron chi connectivity index (χ3n) is 7.87. The molecule has 0 saturated heterocycles. The van der Waals surface area contributed by atoms with E-state index in [1.165, 1.54) is 7.11 Å². The van der Waals surface area contributed by atoms with Crippen molar-refractivity contribution in [3.05, 3.63) is 42.2 Å². The fraction of sp³-hybridized carbons (Fsp3) is 0.658. The number of hydrogen-bond acceptors (Lipinski definition) is 12. The van der Waals surface area contributed by atoms with Crippen LogP contribution < -0.4 is 5.32 Å². The number of carbonyl (C=O) groups excluding carboxylic acids is 4. The first-order chi connectivity index (χ1) is 24.2. The number of anilines is 1. The van der Waals surface area contributed by atoms with Gasteiger partial charge in [-0.25, -0.2) is 4.79 Å². The zero-order chi connectivity index (χ0) is 40.4. The van der Waals surface area contributed by atoms with Crippen LogP contribution in [0.3, 0.4) is 0 Å². The van der Waals surface area contributed by atoms with Crippen LogP contribution in [0, 0.1) is 16.2 Å². The van der Waals surface area contributed by atoms with Gasteiger partial charge in [-0.2, -0.15) is 0 Å². The molecule has 0 heterocycles. The van der Waals surface area contributed by atoms with Crippen LogP contribution in [-0.2, 0) is 52.3 Å². The molecule has 0 aliphatic rings. The highest BCUT2D eigenvalue weighted by Crippen LogP contribution is 2.23. The normalized spacial score (nSPS) is 11.1. The summed E-state index contributed by atoms with van der Waals surface area (Å²) in [5, 5.41) is 11.2. The summed E-state index contributed by atoms with van der Waals surface area (Å²) in [5.41, 5.74) is -0.160. The van der Waals surface area contributed by atoms with E-state index >= 15 is 0 Å². The number of esters is 3. The number of carboxylic acids is 1. The number of ether oxygens (including phenoxy) is 7. The van der Waals surface area contributed by atoms with Gasteiger partial charge in [-0.1, -0.05) is 41.2 Å². The lowest BCUT2D eigenvalue weighted by atomic mass is 9.89. The predicted octanol–water partition coefficient (Wildman–Crippen LogP) is 6.77. The Hall–Kier alpha value is -4.01. The summed E-state index contributed by atoms with van der Waals surface area (Å²) < 4.78 is 34.7. The molecule has 1 aromatic rings. The van der Waals surface area contributed by atoms with Gasteiger partial charge in [-0.05, 0) is 78.1 Å². The first-order valence-electron chi connectivity index (χ1n) is 17.3. The Morgan fingerprint density at radius 2 is 1.12 bits per heavy atom. The van der Waals surface area contributed by atoms with Gasteiger partial charge in [0.2, 0.25) is 5.91 Å². The molecule has 1 amide bonds. The topological polar surface area (TPSA) is 182 Å². The molecule has 0 spiro atoms. The monoisotopic (exact) mass is 741 g/mol. The maximum atomic E-state index is 11.9. The van der Waals surface area contributed by atoms with Crippen LogP contribution in [0.2, 0.25) is 0 Å². The van der Waals surface area contributed by atoms with E-state index in [9.17, 15) is 24.0 Å². The summed E-state index contributed by atoms with van der Waals surface area (Å²) in [6, 6.07) is 6.63. The Bertz CT molecular complexity index is 1220. The van der Waals surface area contributed by atoms with Crippen molar-refractivity contribution in [2.75, 3.05) is 59.0 Å². The van der Waals surface area contributed by atoms with E-state index in [0.717, 1.165) is 12.8 Å². The van der Waals surface area contributed by atoms with Gasteiger partial charge in [-0.15, -0.1) is 0 Å². The Balaban J connectivity index is 0. The molecule has 0 fully saturated rings. The van der Waals surface area contributed by atoms with Gasteiger partial charge >= 0.3 is 23.9 Å². The van der Waals surface area contributed by atoms with Gasteiger partial charge in [0.15, 0.2) is 6.79 Å². The highest BCUT2D eigenvalue weighted by molar-refractivity contribution is 5.95. The number of hydrogen-bond donors (Lipinski definition) is 2. The van der Waals surface area contributed by atoms with Crippen molar-refractivity contribution >= 4 is 35.5 Å². The zero-order valence-corrected chi connectivity index (χ0v) is 33.1. The maximum absolute atomic E-state index is 11.9. The van der Waals surface area contributed by atoms with Crippen LogP contribution in [0.4, 0.5) is 5.69 Å². The van der Waals surface area contributed by atoms with E-state index in [4.69, 9.17) is 33.5 Å². The lowest BCUT2D eigenvalue weighted by Gasteiger charge is -2.21. The predicted molar refractivity (Wildman–Crippen MR) is 196 cm³/mol. The summed E-state index contributed by atoms with van der Waals surface area (Å²) in [6.07, 6.45) is 2.18. The van der Waals surface area contributed by atoms with Gasteiger partial charge in [0.25, 0.3) is 0 Å². The van der Waals surface area contributed by atoms with Crippen LogP contribution in [0.15, 0.2) is 36.6 Å². The molecule has 52 heavy (non-hydrogen) atoms. The molecule has 0 aliphatic heterocycles. The third-order valence-corrected chi connectivity index (χ3v) is 7.87. The first kappa shape index (κ1) is 50.1. The Kier molecular flexibility index (Phi) is 25.7. The van der Waals surface area contributed by atoms with E-state index in [0.29, 0.717) is 30.0 Å². The van der Waals surface area contributed by atoms with Crippen molar-refractivity contribution in [2.45, 2.75) is 94.9 Å². The molecule has 0 radical (unpaired) electrons. The van der Waals surface area contributed by atoms with Gasteiger partial charge < -0.3 is 43.6 Å². The number of nitrogens with one attached hydrogen (secondary N) is 1. The molecule has 0 saturated carbocycles. The quantitative estimate of drug-likeness (QED) is 0.0418. The summed E-state index contributed by atoms with van der Waals surface area (Å²) >= 11 is 0. The van der Waals surface area contributed by atoms with Gasteiger partial charge in [-0.3, -0.25) is 19.2 Å². The second-order valence-corrected chi connectivity index (χ2v) is 13.5. The molecule has 2 N–H and O–H groups in total. The lowest BCUT2D eigenvalue weighted by Crippen LogP contribution is -2.29. The van der Waals surface area contributed by atoms with E-state index in [1.807, 2.05) is 62.3 Å². The smallest absolute Gasteiger partial charge is 0.337 e. The van der Waals surface area contributed by atoms with E-state index in [2.05, 4.69) is 16.6 Å². The van der Waals surface area contributed by atoms with Crippen molar-refractivity contribution in [1.29, 1.82) is 0 Å². The van der Waals surface area contributed by atoms with Gasteiger partial charge in [0, 0.05) is 11.1 Å². The largest absolute Gasteiger partial charge is 0.481 e. The van der Waals surface area contributed by atoms with Crippen LogP contribution in [0.1, 0.15) is 105 Å². The highest BCUT2D eigenvalue weighted by Gasteiger charge is 2.28. The second-order valence-electron chi connectivity index (χ2n) is 13.5. The Morgan fingerprint density at radius 1 is 0.673 bits per heavy atom. The van der Waals surface area contributed by atoms with Crippen LogP contribution in [0.25, 0.3) is 0 Å². The lowest BCUT2D eigenvalue weighted by molar-refractivity contribution is -0.158. The zero-order valence-electron chi connectivity index (χ0n) is 33.1. The fourth-order valence-corrected chi connectivity index (χ4v) is 2.87. The molecule has 0 unspecified atom stereocenters. The molecule has 0 bridgehead atoms. The number of amides is 1. The van der Waals surface area contributed by atoms with Crippen LogP contribution in [-0.4, -0.2) is 88.6 Å². The summed E-state index contributed by atoms with van der Waals surface area (Å²) in [4.78, 5) is 56.4. The molecule has 0 aliphatic carbocycles. The van der Waals surface area contributed by atoms with Gasteiger partial charge in [0.05, 0.1) is 55.5 Å². The molecular formula is C38H63NO13. The van der Waals surface area contributed by atoms with E-state index < -0.39 is 22.2 Å². The fourth-order valence-electron chi connectivity index (χ4n) is 2.87. The van der Waals surface area contributed by atoms with E-state index in [-0.39, 0.29) is 70.2 Å². The van der Waals surface area contributed by atoms with Crippen molar-refractivity contribution < 1.29 is 62.2 Å². The third kappa shape index (κ3) is 23.5. The number of rotatable bonds is 22. The second kappa shape index (κ2) is 26.7. The minimum absolute atomic E-state index is 0.00199. The molecule has 1 rings (SSSR count). The van der Waals surface area contributed by atoms with Crippen LogP contribution >= 0.6 is 0 Å². The molecule has 298 valence electrons. The number of aliphatic carboxylic acids is 1. The molecule has 14 nitrogen and oxygen atoms in total. The molecule has 0 atom stereocenters. The standard InChI is InChI=1S/C14H19NO3.C12H22O6.C12H22O4/c1-5-14(2,3)13(17)15-11-8-6-10(7-9-11)12(16)18-4;1-4-12(2,3)11(15)18-8-7-17-9-16-6-5-10(13)14;1-6-12(4,5)11(13)15-8-7-14-9-16-10(2)3/h6-9H,5H2,1-4H3,(H,15,17);4-9H2,1-3H3,(H,13,14);2,6-9H2,1,3-5H3. The molecule has 0 aromatic heterocycles. The summed E-state index contributed by atoms with van der Waals surface area (Å²) in [7, 11) is 1.34. The van der Waals surface area contributed by atoms with Crippen molar-refractivity contribution in [3.8, 4) is 0 Å². The number of methoxy groups -OCH3 is 1. The minimum Gasteiger partial charge on any atom is -0.481 e. The molecular weight excluding hydrogens is 678 g/mol. The SMILES string of the molecule is C=C(C)OCOCCOC(=O)C(C)(C)CC.CCC(C)(C)C(=O)Nc1ccc(C(=O)OC)cc1.CCC(C)(C)C(=O)OCCOCOCCC(=O)O. The van der Waals surface area contributed by atoms with Crippen molar-refractivity contribution in [3.63, 3.8) is 0 Å². The van der Waals surface area contributed by atoms with Crippen molar-refractivity contribution in [2.24, 2.45) is 16.2 Å². The average Bonchev–Trinajstić information content (AvgIpc) is 3.10. The van der Waals surface area contributed by atoms with Gasteiger partial charge in [0.1, 0.15) is 20.0 Å². The minimum atomic E-state index is -0.911. The maximum Gasteiger partial charge on any atom is 0.337 e. The summed E-state index contributed by atoms with van der Waals surface area (Å²) in [6.45, 7) is 23.6. The highest BCUT2D eigenvalue weighted by atomic mass is 16.7. The number of carboxylic acid groups (broad SMARTS) is 1. The van der Waals surface area contributed by atoms with Crippen LogP contribution in [0.5, 0.6) is 0 Å². The average molecular weight is 742 g/mol. The van der Waals surface area contributed by atoms with E-state index in [1.54, 1.807) is 31.2 Å². The number of allylic oxidation sites excluding steroid dienone is 1. The Morgan fingerprint density at radius 3 is 1.52 bits per heavy atom. The first-order valence-corrected chi connectivity index (χ1v) is 17.3. The number of benzene rings is 1. The Labute approximate surface area is 309 Å². The molecule has 14 heteroatoms. The van der Waals surface area contributed by atoms with Crippen molar-refractivity contribution in [1.82, 2.24) is 0 Å². The molecule has 1 aromatic carbocycles. The summed E-state index contributed by atoms with van der Waals surface area (Å²) in [5.74, 6) is -1.17. The number of carbonyl (C=O) groups is 5.